The van der Waals surface area contributed by atoms with Gasteiger partial charge in [-0.2, -0.15) is 0 Å². The van der Waals surface area contributed by atoms with Crippen LogP contribution in [0.25, 0.3) is 66.1 Å². The van der Waals surface area contributed by atoms with Gasteiger partial charge in [0.1, 0.15) is 11.2 Å². The van der Waals surface area contributed by atoms with Gasteiger partial charge in [0.15, 0.2) is 0 Å². The Morgan fingerprint density at radius 1 is 0.354 bits per heavy atom. The van der Waals surface area contributed by atoms with Gasteiger partial charge in [0.25, 0.3) is 0 Å². The van der Waals surface area contributed by atoms with Crippen LogP contribution in [0, 0.1) is 0 Å². The Morgan fingerprint density at radius 2 is 0.875 bits per heavy atom. The number of fused-ring (bicyclic) bond motifs is 5. The number of para-hydroxylation sites is 1. The van der Waals surface area contributed by atoms with E-state index in [1.165, 1.54) is 27.6 Å². The number of benzene rings is 8. The zero-order valence-corrected chi connectivity index (χ0v) is 26.3. The van der Waals surface area contributed by atoms with Gasteiger partial charge < -0.3 is 9.32 Å². The van der Waals surface area contributed by atoms with E-state index in [-0.39, 0.29) is 0 Å². The fraction of sp³-hybridized carbons (Fsp3) is 0. The molecular weight excluding hydrogens is 583 g/mol. The van der Waals surface area contributed by atoms with Crippen molar-refractivity contribution in [3.63, 3.8) is 0 Å². The lowest BCUT2D eigenvalue weighted by Gasteiger charge is -2.28. The van der Waals surface area contributed by atoms with E-state index in [1.54, 1.807) is 0 Å². The van der Waals surface area contributed by atoms with Crippen LogP contribution in [-0.4, -0.2) is 0 Å². The Bertz CT molecular complexity index is 2520. The van der Waals surface area contributed by atoms with Crippen LogP contribution in [0.1, 0.15) is 0 Å². The standard InChI is InChI=1S/C46H31NO/c1-4-12-32(13-5-1)34-20-22-37(23-21-34)42-30-43-41-29-26-36-16-10-11-19-40(36)46(41)48-45(43)31-44(42)47(38-17-8-3-9-18-38)39-27-24-35(25-28-39)33-14-6-2-7-15-33/h1-31H. The molecule has 2 nitrogen and oxygen atoms in total. The van der Waals surface area contributed by atoms with Gasteiger partial charge in [-0.1, -0.05) is 146 Å². The zero-order valence-electron chi connectivity index (χ0n) is 26.3. The first-order chi connectivity index (χ1) is 23.8. The minimum absolute atomic E-state index is 0.864. The lowest BCUT2D eigenvalue weighted by atomic mass is 9.96. The van der Waals surface area contributed by atoms with E-state index in [0.717, 1.165) is 55.5 Å². The molecule has 0 saturated heterocycles. The number of hydrogen-bond donors (Lipinski definition) is 0. The van der Waals surface area contributed by atoms with E-state index >= 15 is 0 Å². The van der Waals surface area contributed by atoms with Crippen LogP contribution in [0.4, 0.5) is 17.1 Å². The number of nitrogens with zero attached hydrogens (tertiary/aromatic N) is 1. The monoisotopic (exact) mass is 613 g/mol. The molecule has 0 radical (unpaired) electrons. The molecule has 0 amide bonds. The first kappa shape index (κ1) is 27.9. The fourth-order valence-corrected chi connectivity index (χ4v) is 6.87. The van der Waals surface area contributed by atoms with Crippen LogP contribution in [0.3, 0.4) is 0 Å². The van der Waals surface area contributed by atoms with Gasteiger partial charge in [-0.3, -0.25) is 0 Å². The van der Waals surface area contributed by atoms with Crippen LogP contribution < -0.4 is 4.90 Å². The molecule has 0 spiro atoms. The average Bonchev–Trinajstić information content (AvgIpc) is 3.54. The summed E-state index contributed by atoms with van der Waals surface area (Å²) < 4.78 is 6.75. The highest BCUT2D eigenvalue weighted by Crippen LogP contribution is 2.46. The maximum atomic E-state index is 6.75. The molecule has 0 fully saturated rings. The van der Waals surface area contributed by atoms with Crippen molar-refractivity contribution in [3.8, 4) is 33.4 Å². The Kier molecular flexibility index (Phi) is 6.84. The molecule has 0 aliphatic carbocycles. The largest absolute Gasteiger partial charge is 0.455 e. The van der Waals surface area contributed by atoms with Crippen LogP contribution in [-0.2, 0) is 0 Å². The SMILES string of the molecule is c1ccc(-c2ccc(-c3cc4c(cc3N(c3ccccc3)c3ccc(-c5ccccc5)cc3)oc3c5ccccc5ccc43)cc2)cc1. The number of rotatable bonds is 6. The van der Waals surface area contributed by atoms with Crippen molar-refractivity contribution >= 4 is 49.8 Å². The van der Waals surface area contributed by atoms with Gasteiger partial charge in [-0.15, -0.1) is 0 Å². The van der Waals surface area contributed by atoms with E-state index in [0.29, 0.717) is 0 Å². The molecule has 0 unspecified atom stereocenters. The van der Waals surface area contributed by atoms with Crippen molar-refractivity contribution in [3.05, 3.63) is 188 Å². The molecule has 0 N–H and O–H groups in total. The molecule has 226 valence electrons. The predicted octanol–water partition coefficient (Wildman–Crippen LogP) is 13.2. The van der Waals surface area contributed by atoms with Crippen LogP contribution in [0.2, 0.25) is 0 Å². The summed E-state index contributed by atoms with van der Waals surface area (Å²) in [4.78, 5) is 2.35. The van der Waals surface area contributed by atoms with Gasteiger partial charge in [-0.05, 0) is 69.6 Å². The number of hydrogen-bond acceptors (Lipinski definition) is 2. The molecule has 0 aliphatic rings. The average molecular weight is 614 g/mol. The van der Waals surface area contributed by atoms with Crippen LogP contribution >= 0.6 is 0 Å². The molecule has 0 atom stereocenters. The topological polar surface area (TPSA) is 16.4 Å². The Hall–Kier alpha value is -6.38. The molecule has 0 aliphatic heterocycles. The van der Waals surface area contributed by atoms with E-state index < -0.39 is 0 Å². The lowest BCUT2D eigenvalue weighted by Crippen LogP contribution is -2.11. The second kappa shape index (κ2) is 11.8. The molecule has 1 aromatic heterocycles. The summed E-state index contributed by atoms with van der Waals surface area (Å²) in [7, 11) is 0. The third-order valence-electron chi connectivity index (χ3n) is 9.27. The summed E-state index contributed by atoms with van der Waals surface area (Å²) in [6.07, 6.45) is 0. The molecule has 9 rings (SSSR count). The Labute approximate surface area is 279 Å². The molecule has 48 heavy (non-hydrogen) atoms. The van der Waals surface area contributed by atoms with Crippen molar-refractivity contribution < 1.29 is 4.42 Å². The van der Waals surface area contributed by atoms with E-state index in [1.807, 2.05) is 0 Å². The minimum atomic E-state index is 0.864. The maximum Gasteiger partial charge on any atom is 0.143 e. The van der Waals surface area contributed by atoms with E-state index in [9.17, 15) is 0 Å². The maximum absolute atomic E-state index is 6.75. The lowest BCUT2D eigenvalue weighted by molar-refractivity contribution is 0.673. The Balaban J connectivity index is 1.28. The predicted molar refractivity (Wildman–Crippen MR) is 202 cm³/mol. The van der Waals surface area contributed by atoms with E-state index in [4.69, 9.17) is 4.42 Å². The smallest absolute Gasteiger partial charge is 0.143 e. The molecule has 8 aromatic carbocycles. The van der Waals surface area contributed by atoms with Crippen LogP contribution in [0.5, 0.6) is 0 Å². The Morgan fingerprint density at radius 3 is 1.54 bits per heavy atom. The summed E-state index contributed by atoms with van der Waals surface area (Å²) in [5, 5.41) is 4.52. The molecular formula is C46H31NO. The first-order valence-corrected chi connectivity index (χ1v) is 16.3. The van der Waals surface area contributed by atoms with Crippen molar-refractivity contribution in [1.82, 2.24) is 0 Å². The molecule has 1 heterocycles. The molecule has 0 bridgehead atoms. The molecule has 2 heteroatoms. The summed E-state index contributed by atoms with van der Waals surface area (Å²) in [5.41, 5.74) is 12.0. The normalized spacial score (nSPS) is 11.3. The summed E-state index contributed by atoms with van der Waals surface area (Å²) >= 11 is 0. The van der Waals surface area contributed by atoms with Gasteiger partial charge >= 0.3 is 0 Å². The quantitative estimate of drug-likeness (QED) is 0.185. The highest BCUT2D eigenvalue weighted by atomic mass is 16.3. The highest BCUT2D eigenvalue weighted by molar-refractivity contribution is 6.16. The third kappa shape index (κ3) is 4.92. The second-order valence-corrected chi connectivity index (χ2v) is 12.2. The van der Waals surface area contributed by atoms with Gasteiger partial charge in [0, 0.05) is 39.2 Å². The minimum Gasteiger partial charge on any atom is -0.455 e. The van der Waals surface area contributed by atoms with Crippen molar-refractivity contribution in [2.45, 2.75) is 0 Å². The van der Waals surface area contributed by atoms with E-state index in [2.05, 4.69) is 193 Å². The summed E-state index contributed by atoms with van der Waals surface area (Å²) in [5.74, 6) is 0. The van der Waals surface area contributed by atoms with Crippen LogP contribution in [0.15, 0.2) is 192 Å². The van der Waals surface area contributed by atoms with Gasteiger partial charge in [-0.25, -0.2) is 0 Å². The van der Waals surface area contributed by atoms with Crippen molar-refractivity contribution in [2.24, 2.45) is 0 Å². The fourth-order valence-electron chi connectivity index (χ4n) is 6.87. The van der Waals surface area contributed by atoms with Gasteiger partial charge in [0.2, 0.25) is 0 Å². The zero-order chi connectivity index (χ0) is 31.9. The highest BCUT2D eigenvalue weighted by Gasteiger charge is 2.21. The summed E-state index contributed by atoms with van der Waals surface area (Å²) in [6.45, 7) is 0. The summed E-state index contributed by atoms with van der Waals surface area (Å²) in [6, 6.07) is 66.8. The first-order valence-electron chi connectivity index (χ1n) is 16.3. The second-order valence-electron chi connectivity index (χ2n) is 12.2. The van der Waals surface area contributed by atoms with Crippen molar-refractivity contribution in [2.75, 3.05) is 4.90 Å². The number of furan rings is 1. The third-order valence-corrected chi connectivity index (χ3v) is 9.27. The molecule has 9 aromatic rings. The van der Waals surface area contributed by atoms with Gasteiger partial charge in [0.05, 0.1) is 5.69 Å². The number of anilines is 3. The van der Waals surface area contributed by atoms with Crippen molar-refractivity contribution in [1.29, 1.82) is 0 Å². The molecule has 0 saturated carbocycles.